The average Bonchev–Trinajstić information content (AvgIpc) is 2.21. The van der Waals surface area contributed by atoms with Crippen LogP contribution in [0.5, 0.6) is 0 Å². The third-order valence-electron chi connectivity index (χ3n) is 1.99. The number of aliphatic hydroxyl groups excluding tert-OH is 1. The van der Waals surface area contributed by atoms with Gasteiger partial charge in [0.2, 0.25) is 5.56 Å². The number of aliphatic hydroxyl groups is 1. The molecule has 0 bridgehead atoms. The van der Waals surface area contributed by atoms with Gasteiger partial charge in [0.05, 0.1) is 6.10 Å². The second-order valence-corrected chi connectivity index (χ2v) is 3.21. The zero-order chi connectivity index (χ0) is 10.2. The lowest BCUT2D eigenvalue weighted by Crippen LogP contribution is -2.30. The van der Waals surface area contributed by atoms with Crippen LogP contribution in [0.25, 0.3) is 0 Å². The minimum absolute atomic E-state index is 0.0266. The van der Waals surface area contributed by atoms with E-state index in [9.17, 15) is 4.79 Å². The van der Waals surface area contributed by atoms with E-state index in [1.165, 1.54) is 6.07 Å². The Morgan fingerprint density at radius 2 is 2.00 bits per heavy atom. The summed E-state index contributed by atoms with van der Waals surface area (Å²) in [6.45, 7) is 1.97. The molecule has 3 N–H and O–H groups in total. The Balaban J connectivity index is 0.000000140. The van der Waals surface area contributed by atoms with Gasteiger partial charge in [-0.3, -0.25) is 4.79 Å². The molecule has 0 aliphatic carbocycles. The molecule has 0 saturated carbocycles. The van der Waals surface area contributed by atoms with Crippen molar-refractivity contribution in [3.63, 3.8) is 0 Å². The minimum Gasteiger partial charge on any atom is -0.393 e. The topological polar surface area (TPSA) is 65.1 Å². The second kappa shape index (κ2) is 6.34. The molecule has 2 heterocycles. The molecule has 4 heteroatoms. The fourth-order valence-electron chi connectivity index (χ4n) is 1.18. The van der Waals surface area contributed by atoms with Gasteiger partial charge in [0.25, 0.3) is 0 Å². The summed E-state index contributed by atoms with van der Waals surface area (Å²) in [5, 5.41) is 12.0. The van der Waals surface area contributed by atoms with Gasteiger partial charge in [0, 0.05) is 12.3 Å². The maximum absolute atomic E-state index is 10.2. The van der Waals surface area contributed by atoms with Crippen LogP contribution >= 0.6 is 0 Å². The van der Waals surface area contributed by atoms with E-state index in [0.29, 0.717) is 0 Å². The van der Waals surface area contributed by atoms with E-state index in [1.807, 2.05) is 0 Å². The van der Waals surface area contributed by atoms with Crippen molar-refractivity contribution in [3.05, 3.63) is 34.7 Å². The number of H-pyrrole nitrogens is 1. The van der Waals surface area contributed by atoms with E-state index in [0.717, 1.165) is 25.9 Å². The first kappa shape index (κ1) is 10.9. The molecule has 0 unspecified atom stereocenters. The number of hydrogen-bond acceptors (Lipinski definition) is 3. The molecular formula is C10H16N2O2. The van der Waals surface area contributed by atoms with Gasteiger partial charge >= 0.3 is 0 Å². The Bertz CT molecular complexity index is 275. The predicted octanol–water partition coefficient (Wildman–Crippen LogP) is 0.106. The van der Waals surface area contributed by atoms with Gasteiger partial charge in [-0.15, -0.1) is 0 Å². The summed E-state index contributed by atoms with van der Waals surface area (Å²) >= 11 is 0. The van der Waals surface area contributed by atoms with E-state index in [2.05, 4.69) is 10.3 Å². The monoisotopic (exact) mass is 196 g/mol. The number of aromatic nitrogens is 1. The Labute approximate surface area is 83.0 Å². The van der Waals surface area contributed by atoms with Gasteiger partial charge in [-0.05, 0) is 32.0 Å². The van der Waals surface area contributed by atoms with Crippen LogP contribution in [-0.2, 0) is 0 Å². The van der Waals surface area contributed by atoms with Crippen LogP contribution < -0.4 is 10.9 Å². The summed E-state index contributed by atoms with van der Waals surface area (Å²) in [7, 11) is 0. The molecule has 0 radical (unpaired) electrons. The fraction of sp³-hybridized carbons (Fsp3) is 0.500. The number of hydrogen-bond donors (Lipinski definition) is 3. The van der Waals surface area contributed by atoms with E-state index in [1.54, 1.807) is 18.3 Å². The van der Waals surface area contributed by atoms with Crippen LogP contribution in [0.1, 0.15) is 12.8 Å². The molecule has 0 aromatic carbocycles. The van der Waals surface area contributed by atoms with Crippen LogP contribution in [0.2, 0.25) is 0 Å². The highest BCUT2D eigenvalue weighted by atomic mass is 16.3. The van der Waals surface area contributed by atoms with E-state index in [4.69, 9.17) is 5.11 Å². The zero-order valence-electron chi connectivity index (χ0n) is 8.07. The largest absolute Gasteiger partial charge is 0.393 e. The first-order valence-corrected chi connectivity index (χ1v) is 4.81. The van der Waals surface area contributed by atoms with Crippen LogP contribution in [0.15, 0.2) is 29.2 Å². The van der Waals surface area contributed by atoms with Gasteiger partial charge in [-0.25, -0.2) is 0 Å². The first-order chi connectivity index (χ1) is 6.79. The van der Waals surface area contributed by atoms with Crippen LogP contribution in [0, 0.1) is 0 Å². The van der Waals surface area contributed by atoms with Crippen molar-refractivity contribution in [2.45, 2.75) is 18.9 Å². The number of pyridine rings is 1. The maximum Gasteiger partial charge on any atom is 0.247 e. The molecule has 4 nitrogen and oxygen atoms in total. The van der Waals surface area contributed by atoms with E-state index in [-0.39, 0.29) is 11.7 Å². The predicted molar refractivity (Wildman–Crippen MR) is 55.2 cm³/mol. The van der Waals surface area contributed by atoms with Crippen molar-refractivity contribution >= 4 is 0 Å². The van der Waals surface area contributed by atoms with Crippen LogP contribution in [0.3, 0.4) is 0 Å². The average molecular weight is 196 g/mol. The van der Waals surface area contributed by atoms with Crippen molar-refractivity contribution in [1.82, 2.24) is 10.3 Å². The molecule has 14 heavy (non-hydrogen) atoms. The van der Waals surface area contributed by atoms with E-state index < -0.39 is 0 Å². The van der Waals surface area contributed by atoms with Crippen molar-refractivity contribution in [2.75, 3.05) is 13.1 Å². The maximum atomic E-state index is 10.2. The summed E-state index contributed by atoms with van der Waals surface area (Å²) < 4.78 is 0. The summed E-state index contributed by atoms with van der Waals surface area (Å²) in [6, 6.07) is 4.93. The third-order valence-corrected chi connectivity index (χ3v) is 1.99. The van der Waals surface area contributed by atoms with E-state index >= 15 is 0 Å². The minimum atomic E-state index is -0.0532. The molecule has 1 saturated heterocycles. The fourth-order valence-corrected chi connectivity index (χ4v) is 1.18. The molecule has 0 spiro atoms. The highest BCUT2D eigenvalue weighted by molar-refractivity contribution is 4.89. The Morgan fingerprint density at radius 1 is 1.29 bits per heavy atom. The Morgan fingerprint density at radius 3 is 2.29 bits per heavy atom. The summed E-state index contributed by atoms with van der Waals surface area (Å²) in [6.07, 6.45) is 3.43. The smallest absolute Gasteiger partial charge is 0.247 e. The standard InChI is InChI=1S/C5H11NO.C5H5NO/c7-5-1-3-6-4-2-5;7-5-3-1-2-4-6-5/h5-7H,1-4H2;1-4H,(H,6,7). The molecule has 0 atom stereocenters. The summed E-state index contributed by atoms with van der Waals surface area (Å²) in [4.78, 5) is 12.7. The molecule has 1 aromatic heterocycles. The zero-order valence-corrected chi connectivity index (χ0v) is 8.07. The lowest BCUT2D eigenvalue weighted by molar-refractivity contribution is 0.137. The first-order valence-electron chi connectivity index (χ1n) is 4.81. The molecule has 1 aromatic rings. The number of nitrogens with one attached hydrogen (secondary N) is 2. The lowest BCUT2D eigenvalue weighted by atomic mass is 10.1. The van der Waals surface area contributed by atoms with Crippen molar-refractivity contribution in [1.29, 1.82) is 0 Å². The molecule has 1 aliphatic rings. The number of rotatable bonds is 0. The number of aromatic amines is 1. The summed E-state index contributed by atoms with van der Waals surface area (Å²) in [5.41, 5.74) is -0.0532. The van der Waals surface area contributed by atoms with Gasteiger partial charge in [0.1, 0.15) is 0 Å². The third kappa shape index (κ3) is 4.79. The van der Waals surface area contributed by atoms with Crippen LogP contribution in [0.4, 0.5) is 0 Å². The SMILES string of the molecule is O=c1cccc[nH]1.OC1CCNCC1. The molecule has 78 valence electrons. The highest BCUT2D eigenvalue weighted by Crippen LogP contribution is 1.99. The molecule has 0 amide bonds. The second-order valence-electron chi connectivity index (χ2n) is 3.21. The van der Waals surface area contributed by atoms with Crippen molar-refractivity contribution in [3.8, 4) is 0 Å². The molecule has 2 rings (SSSR count). The highest BCUT2D eigenvalue weighted by Gasteiger charge is 2.06. The molecule has 1 aliphatic heterocycles. The summed E-state index contributed by atoms with van der Waals surface area (Å²) in [5.74, 6) is 0. The van der Waals surface area contributed by atoms with Gasteiger partial charge in [-0.1, -0.05) is 6.07 Å². The lowest BCUT2D eigenvalue weighted by Gasteiger charge is -2.16. The van der Waals surface area contributed by atoms with Crippen molar-refractivity contribution in [2.24, 2.45) is 0 Å². The Hall–Kier alpha value is -1.13. The van der Waals surface area contributed by atoms with Gasteiger partial charge in [-0.2, -0.15) is 0 Å². The van der Waals surface area contributed by atoms with Gasteiger partial charge < -0.3 is 15.4 Å². The molecule has 1 fully saturated rings. The van der Waals surface area contributed by atoms with Gasteiger partial charge in [0.15, 0.2) is 0 Å². The molecular weight excluding hydrogens is 180 g/mol. The normalized spacial score (nSPS) is 16.9. The Kier molecular flexibility index (Phi) is 4.96. The number of piperidine rings is 1. The van der Waals surface area contributed by atoms with Crippen molar-refractivity contribution < 1.29 is 5.11 Å². The quantitative estimate of drug-likeness (QED) is 0.551. The van der Waals surface area contributed by atoms with Crippen LogP contribution in [-0.4, -0.2) is 29.3 Å².